The SMILES string of the molecule is CSCc1ccc(C(=O)N2CCC(C)C2C(=O)O)cc1. The Bertz CT molecular complexity index is 500. The summed E-state index contributed by atoms with van der Waals surface area (Å²) in [7, 11) is 0. The molecule has 2 rings (SSSR count). The Morgan fingerprint density at radius 1 is 1.35 bits per heavy atom. The molecular weight excluding hydrogens is 274 g/mol. The molecule has 2 atom stereocenters. The van der Waals surface area contributed by atoms with Gasteiger partial charge in [0.15, 0.2) is 0 Å². The molecule has 1 heterocycles. The molecule has 1 aromatic rings. The maximum absolute atomic E-state index is 12.4. The van der Waals surface area contributed by atoms with E-state index in [1.807, 2.05) is 25.3 Å². The third-order valence-corrected chi connectivity index (χ3v) is 4.35. The maximum atomic E-state index is 12.4. The van der Waals surface area contributed by atoms with Crippen molar-refractivity contribution < 1.29 is 14.7 Å². The molecule has 1 saturated heterocycles. The average molecular weight is 293 g/mol. The molecule has 108 valence electrons. The fourth-order valence-corrected chi connectivity index (χ4v) is 3.15. The van der Waals surface area contributed by atoms with Crippen LogP contribution in [0.25, 0.3) is 0 Å². The van der Waals surface area contributed by atoms with Crippen molar-refractivity contribution in [2.24, 2.45) is 5.92 Å². The number of likely N-dealkylation sites (tertiary alicyclic amines) is 1. The van der Waals surface area contributed by atoms with Gasteiger partial charge < -0.3 is 10.0 Å². The van der Waals surface area contributed by atoms with E-state index in [9.17, 15) is 14.7 Å². The van der Waals surface area contributed by atoms with Crippen LogP contribution in [-0.4, -0.2) is 40.7 Å². The molecule has 0 bridgehead atoms. The second-order valence-electron chi connectivity index (χ2n) is 5.18. The highest BCUT2D eigenvalue weighted by Gasteiger charge is 2.39. The van der Waals surface area contributed by atoms with Gasteiger partial charge in [0.2, 0.25) is 0 Å². The predicted molar refractivity (Wildman–Crippen MR) is 79.9 cm³/mol. The van der Waals surface area contributed by atoms with Crippen LogP contribution in [0.15, 0.2) is 24.3 Å². The van der Waals surface area contributed by atoms with Gasteiger partial charge in [-0.1, -0.05) is 19.1 Å². The van der Waals surface area contributed by atoms with Crippen LogP contribution < -0.4 is 0 Å². The molecule has 1 aliphatic heterocycles. The lowest BCUT2D eigenvalue weighted by atomic mass is 10.0. The maximum Gasteiger partial charge on any atom is 0.326 e. The number of carbonyl (C=O) groups excluding carboxylic acids is 1. The standard InChI is InChI=1S/C15H19NO3S/c1-10-7-8-16(13(10)15(18)19)14(17)12-5-3-11(4-6-12)9-20-2/h3-6,10,13H,7-9H2,1-2H3,(H,18,19). The smallest absolute Gasteiger partial charge is 0.326 e. The van der Waals surface area contributed by atoms with Crippen LogP contribution in [0, 0.1) is 5.92 Å². The van der Waals surface area contributed by atoms with Crippen LogP contribution in [0.5, 0.6) is 0 Å². The lowest BCUT2D eigenvalue weighted by molar-refractivity contribution is -0.142. The predicted octanol–water partition coefficient (Wildman–Crippen LogP) is 2.48. The quantitative estimate of drug-likeness (QED) is 0.926. The van der Waals surface area contributed by atoms with Crippen LogP contribution in [0.1, 0.15) is 29.3 Å². The molecule has 5 heteroatoms. The molecule has 0 saturated carbocycles. The topological polar surface area (TPSA) is 57.6 Å². The van der Waals surface area contributed by atoms with Gasteiger partial charge in [-0.15, -0.1) is 0 Å². The summed E-state index contributed by atoms with van der Waals surface area (Å²) < 4.78 is 0. The number of hydrogen-bond acceptors (Lipinski definition) is 3. The number of thioether (sulfide) groups is 1. The van der Waals surface area contributed by atoms with Crippen LogP contribution in [0.3, 0.4) is 0 Å². The van der Waals surface area contributed by atoms with Crippen molar-refractivity contribution in [1.82, 2.24) is 4.90 Å². The molecule has 20 heavy (non-hydrogen) atoms. The summed E-state index contributed by atoms with van der Waals surface area (Å²) >= 11 is 1.73. The fourth-order valence-electron chi connectivity index (χ4n) is 2.63. The number of nitrogens with zero attached hydrogens (tertiary/aromatic N) is 1. The van der Waals surface area contributed by atoms with Gasteiger partial charge in [0.05, 0.1) is 0 Å². The highest BCUT2D eigenvalue weighted by Crippen LogP contribution is 2.26. The number of aliphatic carboxylic acids is 1. The van der Waals surface area contributed by atoms with Crippen molar-refractivity contribution in [1.29, 1.82) is 0 Å². The number of carbonyl (C=O) groups is 2. The second kappa shape index (κ2) is 6.31. The van der Waals surface area contributed by atoms with Crippen molar-refractivity contribution in [2.75, 3.05) is 12.8 Å². The Hall–Kier alpha value is -1.49. The first-order valence-electron chi connectivity index (χ1n) is 6.66. The molecule has 0 aliphatic carbocycles. The Labute approximate surface area is 123 Å². The third kappa shape index (κ3) is 2.98. The Morgan fingerprint density at radius 3 is 2.55 bits per heavy atom. The van der Waals surface area contributed by atoms with Crippen molar-refractivity contribution in [3.05, 3.63) is 35.4 Å². The number of benzene rings is 1. The highest BCUT2D eigenvalue weighted by atomic mass is 32.2. The molecule has 1 aliphatic rings. The van der Waals surface area contributed by atoms with E-state index in [1.54, 1.807) is 23.9 Å². The lowest BCUT2D eigenvalue weighted by Crippen LogP contribution is -2.42. The van der Waals surface area contributed by atoms with E-state index in [0.717, 1.165) is 12.2 Å². The summed E-state index contributed by atoms with van der Waals surface area (Å²) in [5.41, 5.74) is 1.73. The van der Waals surface area contributed by atoms with Gasteiger partial charge in [-0.3, -0.25) is 4.79 Å². The number of carboxylic acid groups (broad SMARTS) is 1. The summed E-state index contributed by atoms with van der Waals surface area (Å²) in [6.45, 7) is 2.40. The van der Waals surface area contributed by atoms with Crippen molar-refractivity contribution in [3.63, 3.8) is 0 Å². The first kappa shape index (κ1) is 14.9. The third-order valence-electron chi connectivity index (χ3n) is 3.73. The summed E-state index contributed by atoms with van der Waals surface area (Å²) in [5.74, 6) is -0.181. The van der Waals surface area contributed by atoms with Gasteiger partial charge in [-0.2, -0.15) is 11.8 Å². The molecule has 2 unspecified atom stereocenters. The van der Waals surface area contributed by atoms with Gasteiger partial charge in [0, 0.05) is 17.9 Å². The summed E-state index contributed by atoms with van der Waals surface area (Å²) in [6.07, 6.45) is 2.77. The lowest BCUT2D eigenvalue weighted by Gasteiger charge is -2.23. The Kier molecular flexibility index (Phi) is 4.70. The van der Waals surface area contributed by atoms with E-state index in [-0.39, 0.29) is 11.8 Å². The van der Waals surface area contributed by atoms with Crippen LogP contribution in [0.4, 0.5) is 0 Å². The Balaban J connectivity index is 2.16. The molecule has 4 nitrogen and oxygen atoms in total. The van der Waals surface area contributed by atoms with Crippen LogP contribution in [0.2, 0.25) is 0 Å². The second-order valence-corrected chi connectivity index (χ2v) is 6.04. The molecule has 1 N–H and O–H groups in total. The molecule has 0 spiro atoms. The minimum Gasteiger partial charge on any atom is -0.480 e. The molecule has 1 aromatic carbocycles. The molecule has 1 amide bonds. The van der Waals surface area contributed by atoms with E-state index in [0.29, 0.717) is 12.1 Å². The van der Waals surface area contributed by atoms with Crippen LogP contribution >= 0.6 is 11.8 Å². The number of hydrogen-bond donors (Lipinski definition) is 1. The van der Waals surface area contributed by atoms with Gasteiger partial charge >= 0.3 is 5.97 Å². The minimum atomic E-state index is -0.914. The largest absolute Gasteiger partial charge is 0.480 e. The zero-order valence-electron chi connectivity index (χ0n) is 11.7. The molecular formula is C15H19NO3S. The van der Waals surface area contributed by atoms with Gasteiger partial charge in [0.1, 0.15) is 6.04 Å². The van der Waals surface area contributed by atoms with Gasteiger partial charge in [0.25, 0.3) is 5.91 Å². The first-order valence-corrected chi connectivity index (χ1v) is 8.05. The van der Waals surface area contributed by atoms with Crippen molar-refractivity contribution in [2.45, 2.75) is 25.1 Å². The monoisotopic (exact) mass is 293 g/mol. The summed E-state index contributed by atoms with van der Waals surface area (Å²) in [5, 5.41) is 9.27. The summed E-state index contributed by atoms with van der Waals surface area (Å²) in [6, 6.07) is 6.73. The normalized spacial score (nSPS) is 22.0. The van der Waals surface area contributed by atoms with Crippen molar-refractivity contribution >= 4 is 23.6 Å². The number of amides is 1. The van der Waals surface area contributed by atoms with Gasteiger partial charge in [-0.05, 0) is 36.3 Å². The first-order chi connectivity index (χ1) is 9.54. The van der Waals surface area contributed by atoms with Crippen molar-refractivity contribution in [3.8, 4) is 0 Å². The molecule has 0 aromatic heterocycles. The highest BCUT2D eigenvalue weighted by molar-refractivity contribution is 7.97. The summed E-state index contributed by atoms with van der Waals surface area (Å²) in [4.78, 5) is 25.2. The number of carboxylic acids is 1. The number of rotatable bonds is 4. The zero-order chi connectivity index (χ0) is 14.7. The van der Waals surface area contributed by atoms with E-state index in [4.69, 9.17) is 0 Å². The zero-order valence-corrected chi connectivity index (χ0v) is 12.5. The van der Waals surface area contributed by atoms with E-state index in [2.05, 4.69) is 0 Å². The molecule has 0 radical (unpaired) electrons. The Morgan fingerprint density at radius 2 is 2.00 bits per heavy atom. The fraction of sp³-hybridized carbons (Fsp3) is 0.467. The van der Waals surface area contributed by atoms with Gasteiger partial charge in [-0.25, -0.2) is 4.79 Å². The van der Waals surface area contributed by atoms with E-state index < -0.39 is 12.0 Å². The van der Waals surface area contributed by atoms with E-state index in [1.165, 1.54) is 10.5 Å². The molecule has 1 fully saturated rings. The average Bonchev–Trinajstić information content (AvgIpc) is 2.81. The minimum absolute atomic E-state index is 0.00668. The van der Waals surface area contributed by atoms with E-state index >= 15 is 0 Å². The van der Waals surface area contributed by atoms with Crippen LogP contribution in [-0.2, 0) is 10.5 Å².